The van der Waals surface area contributed by atoms with E-state index in [0.717, 1.165) is 0 Å². The highest BCUT2D eigenvalue weighted by Gasteiger charge is 2.42. The molecule has 1 aromatic heterocycles. The van der Waals surface area contributed by atoms with E-state index in [1.807, 2.05) is 0 Å². The minimum atomic E-state index is -1.64. The van der Waals surface area contributed by atoms with Crippen LogP contribution < -0.4 is 4.74 Å². The molecule has 0 aliphatic rings. The van der Waals surface area contributed by atoms with Crippen LogP contribution in [0.15, 0.2) is 30.9 Å². The van der Waals surface area contributed by atoms with Gasteiger partial charge in [0.2, 0.25) is 5.78 Å². The summed E-state index contributed by atoms with van der Waals surface area (Å²) in [6.07, 6.45) is 1.29. The minimum Gasteiger partial charge on any atom is -0.481 e. The summed E-state index contributed by atoms with van der Waals surface area (Å²) in [5.74, 6) is -1.49. The summed E-state index contributed by atoms with van der Waals surface area (Å²) in [6, 6.07) is 4.92. The standard InChI is InChI=1S/C15H16ClN3O4/c1-9-6-10(16)4-5-11(9)23-13(19-8-17-7-18-19)12(20)15(2,3)14(21)22/h4-8,13H,1-3H3,(H,21,22). The first kappa shape index (κ1) is 17.0. The maximum Gasteiger partial charge on any atom is 0.316 e. The Kier molecular flexibility index (Phi) is 4.70. The fourth-order valence-electron chi connectivity index (χ4n) is 1.85. The van der Waals surface area contributed by atoms with Gasteiger partial charge in [0.25, 0.3) is 6.23 Å². The van der Waals surface area contributed by atoms with Crippen molar-refractivity contribution < 1.29 is 19.4 Å². The number of aryl methyl sites for hydroxylation is 1. The van der Waals surface area contributed by atoms with Gasteiger partial charge < -0.3 is 9.84 Å². The van der Waals surface area contributed by atoms with E-state index < -0.39 is 23.4 Å². The molecule has 0 saturated carbocycles. The van der Waals surface area contributed by atoms with Crippen LogP contribution in [0.25, 0.3) is 0 Å². The summed E-state index contributed by atoms with van der Waals surface area (Å²) in [4.78, 5) is 27.8. The van der Waals surface area contributed by atoms with Gasteiger partial charge in [0.1, 0.15) is 23.8 Å². The molecule has 1 heterocycles. The fourth-order valence-corrected chi connectivity index (χ4v) is 2.07. The maximum atomic E-state index is 12.7. The van der Waals surface area contributed by atoms with Crippen molar-refractivity contribution >= 4 is 23.4 Å². The highest BCUT2D eigenvalue weighted by Crippen LogP contribution is 2.29. The highest BCUT2D eigenvalue weighted by atomic mass is 35.5. The molecular weight excluding hydrogens is 322 g/mol. The lowest BCUT2D eigenvalue weighted by Crippen LogP contribution is -2.41. The Labute approximate surface area is 137 Å². The Balaban J connectivity index is 2.40. The predicted molar refractivity (Wildman–Crippen MR) is 82.3 cm³/mol. The number of carbonyl (C=O) groups is 2. The Morgan fingerprint density at radius 1 is 1.39 bits per heavy atom. The predicted octanol–water partition coefficient (Wildman–Crippen LogP) is 2.50. The lowest BCUT2D eigenvalue weighted by molar-refractivity contribution is -0.157. The summed E-state index contributed by atoms with van der Waals surface area (Å²) in [7, 11) is 0. The number of carboxylic acid groups (broad SMARTS) is 1. The summed E-state index contributed by atoms with van der Waals surface area (Å²) in [5, 5.41) is 13.7. The van der Waals surface area contributed by atoms with Crippen molar-refractivity contribution in [2.75, 3.05) is 0 Å². The van der Waals surface area contributed by atoms with Crippen LogP contribution >= 0.6 is 11.6 Å². The lowest BCUT2D eigenvalue weighted by atomic mass is 9.87. The molecule has 0 bridgehead atoms. The van der Waals surface area contributed by atoms with Crippen LogP contribution in [0.3, 0.4) is 0 Å². The van der Waals surface area contributed by atoms with E-state index >= 15 is 0 Å². The summed E-state index contributed by atoms with van der Waals surface area (Å²) in [6.45, 7) is 4.41. The molecule has 23 heavy (non-hydrogen) atoms. The van der Waals surface area contributed by atoms with Crippen LogP contribution in [-0.4, -0.2) is 31.6 Å². The second kappa shape index (κ2) is 6.37. The van der Waals surface area contributed by atoms with Crippen LogP contribution in [0.2, 0.25) is 5.02 Å². The first-order valence-electron chi connectivity index (χ1n) is 6.78. The first-order chi connectivity index (χ1) is 10.7. The number of nitrogens with zero attached hydrogens (tertiary/aromatic N) is 3. The van der Waals surface area contributed by atoms with Crippen molar-refractivity contribution in [2.24, 2.45) is 5.41 Å². The van der Waals surface area contributed by atoms with E-state index in [4.69, 9.17) is 16.3 Å². The number of hydrogen-bond acceptors (Lipinski definition) is 5. The average Bonchev–Trinajstić information content (AvgIpc) is 2.99. The smallest absolute Gasteiger partial charge is 0.316 e. The number of carboxylic acids is 1. The number of aromatic nitrogens is 3. The van der Waals surface area contributed by atoms with Gasteiger partial charge in [-0.3, -0.25) is 9.59 Å². The minimum absolute atomic E-state index is 0.407. The molecular formula is C15H16ClN3O4. The van der Waals surface area contributed by atoms with Gasteiger partial charge in [-0.25, -0.2) is 9.67 Å². The number of halogens is 1. The number of ketones is 1. The van der Waals surface area contributed by atoms with Crippen LogP contribution in [0, 0.1) is 12.3 Å². The number of carbonyl (C=O) groups excluding carboxylic acids is 1. The quantitative estimate of drug-likeness (QED) is 0.814. The molecule has 0 spiro atoms. The van der Waals surface area contributed by atoms with Crippen LogP contribution in [0.4, 0.5) is 0 Å². The molecule has 1 aromatic carbocycles. The van der Waals surface area contributed by atoms with E-state index in [1.165, 1.54) is 31.2 Å². The Morgan fingerprint density at radius 3 is 2.61 bits per heavy atom. The summed E-state index contributed by atoms with van der Waals surface area (Å²) >= 11 is 5.90. The number of aliphatic carboxylic acids is 1. The first-order valence-corrected chi connectivity index (χ1v) is 7.16. The van der Waals surface area contributed by atoms with Gasteiger partial charge in [0.05, 0.1) is 0 Å². The van der Waals surface area contributed by atoms with Crippen molar-refractivity contribution in [1.82, 2.24) is 14.8 Å². The fraction of sp³-hybridized carbons (Fsp3) is 0.333. The number of rotatable bonds is 6. The SMILES string of the molecule is Cc1cc(Cl)ccc1OC(C(=O)C(C)(C)C(=O)O)n1cncn1. The van der Waals surface area contributed by atoms with E-state index in [2.05, 4.69) is 10.1 Å². The molecule has 2 rings (SSSR count). The van der Waals surface area contributed by atoms with Crippen LogP contribution in [0.5, 0.6) is 5.75 Å². The Morgan fingerprint density at radius 2 is 2.09 bits per heavy atom. The van der Waals surface area contributed by atoms with Gasteiger partial charge >= 0.3 is 5.97 Å². The van der Waals surface area contributed by atoms with E-state index in [9.17, 15) is 14.7 Å². The van der Waals surface area contributed by atoms with Crippen LogP contribution in [0.1, 0.15) is 25.6 Å². The van der Waals surface area contributed by atoms with E-state index in [-0.39, 0.29) is 0 Å². The topological polar surface area (TPSA) is 94.3 Å². The zero-order valence-electron chi connectivity index (χ0n) is 12.9. The molecule has 1 atom stereocenters. The summed E-state index contributed by atoms with van der Waals surface area (Å²) in [5.41, 5.74) is -0.930. The number of benzene rings is 1. The Bertz CT molecular complexity index is 728. The molecule has 2 aromatic rings. The molecule has 8 heteroatoms. The summed E-state index contributed by atoms with van der Waals surface area (Å²) < 4.78 is 6.91. The molecule has 0 amide bonds. The van der Waals surface area contributed by atoms with Gasteiger partial charge in [-0.05, 0) is 44.5 Å². The molecule has 7 nitrogen and oxygen atoms in total. The van der Waals surface area contributed by atoms with Gasteiger partial charge in [-0.15, -0.1) is 0 Å². The molecule has 0 saturated heterocycles. The van der Waals surface area contributed by atoms with Crippen molar-refractivity contribution in [1.29, 1.82) is 0 Å². The largest absolute Gasteiger partial charge is 0.481 e. The van der Waals surface area contributed by atoms with Crippen molar-refractivity contribution in [2.45, 2.75) is 27.0 Å². The van der Waals surface area contributed by atoms with Crippen molar-refractivity contribution in [3.8, 4) is 5.75 Å². The van der Waals surface area contributed by atoms with Gasteiger partial charge in [0, 0.05) is 5.02 Å². The molecule has 0 fully saturated rings. The van der Waals surface area contributed by atoms with Crippen molar-refractivity contribution in [3.05, 3.63) is 41.4 Å². The number of Topliss-reactive ketones (excluding diaryl/α,β-unsaturated/α-hetero) is 1. The monoisotopic (exact) mass is 337 g/mol. The zero-order valence-corrected chi connectivity index (χ0v) is 13.6. The molecule has 1 unspecified atom stereocenters. The third kappa shape index (κ3) is 3.50. The second-order valence-electron chi connectivity index (χ2n) is 5.55. The molecule has 122 valence electrons. The third-order valence-corrected chi connectivity index (χ3v) is 3.66. The zero-order chi connectivity index (χ0) is 17.2. The highest BCUT2D eigenvalue weighted by molar-refractivity contribution is 6.30. The molecule has 1 N–H and O–H groups in total. The van der Waals surface area contributed by atoms with Gasteiger partial charge in [0.15, 0.2) is 0 Å². The van der Waals surface area contributed by atoms with Crippen molar-refractivity contribution in [3.63, 3.8) is 0 Å². The third-order valence-electron chi connectivity index (χ3n) is 3.43. The van der Waals surface area contributed by atoms with Gasteiger partial charge in [-0.1, -0.05) is 11.6 Å². The maximum absolute atomic E-state index is 12.7. The second-order valence-corrected chi connectivity index (χ2v) is 5.99. The molecule has 0 aliphatic carbocycles. The van der Waals surface area contributed by atoms with E-state index in [0.29, 0.717) is 16.3 Å². The molecule has 0 radical (unpaired) electrons. The number of hydrogen-bond donors (Lipinski definition) is 1. The lowest BCUT2D eigenvalue weighted by Gasteiger charge is -2.25. The van der Waals surface area contributed by atoms with Gasteiger partial charge in [-0.2, -0.15) is 5.10 Å². The van der Waals surface area contributed by atoms with Crippen LogP contribution in [-0.2, 0) is 9.59 Å². The molecule has 0 aliphatic heterocycles. The Hall–Kier alpha value is -2.41. The van der Waals surface area contributed by atoms with E-state index in [1.54, 1.807) is 25.1 Å². The normalized spacial score (nSPS) is 12.7. The number of ether oxygens (including phenoxy) is 1. The average molecular weight is 338 g/mol.